The predicted molar refractivity (Wildman–Crippen MR) is 94.8 cm³/mol. The van der Waals surface area contributed by atoms with Crippen molar-refractivity contribution in [1.29, 1.82) is 0 Å². The van der Waals surface area contributed by atoms with E-state index in [1.807, 2.05) is 4.90 Å². The van der Waals surface area contributed by atoms with Gasteiger partial charge in [0.1, 0.15) is 5.75 Å². The van der Waals surface area contributed by atoms with Gasteiger partial charge >= 0.3 is 12.3 Å². The van der Waals surface area contributed by atoms with Crippen LogP contribution in [0.5, 0.6) is 5.75 Å². The van der Waals surface area contributed by atoms with Crippen molar-refractivity contribution in [2.45, 2.75) is 17.9 Å². The third kappa shape index (κ3) is 5.25. The highest BCUT2D eigenvalue weighted by molar-refractivity contribution is 7.89. The van der Waals surface area contributed by atoms with Crippen LogP contribution in [0.15, 0.2) is 35.4 Å². The molecule has 1 aliphatic rings. The Morgan fingerprint density at radius 2 is 1.77 bits per heavy atom. The van der Waals surface area contributed by atoms with Gasteiger partial charge in [0, 0.05) is 26.2 Å². The van der Waals surface area contributed by atoms with E-state index in [4.69, 9.17) is 0 Å². The second-order valence-corrected chi connectivity index (χ2v) is 8.26. The maximum Gasteiger partial charge on any atom is 0.573 e. The molecule has 0 bridgehead atoms. The number of esters is 1. The van der Waals surface area contributed by atoms with Crippen molar-refractivity contribution < 1.29 is 35.9 Å². The van der Waals surface area contributed by atoms with Crippen molar-refractivity contribution in [2.75, 3.05) is 33.3 Å². The van der Waals surface area contributed by atoms with Crippen LogP contribution in [0.25, 0.3) is 0 Å². The quantitative estimate of drug-likeness (QED) is 0.600. The Kier molecular flexibility index (Phi) is 6.28. The topological polar surface area (TPSA) is 107 Å². The Morgan fingerprint density at radius 1 is 1.13 bits per heavy atom. The number of carbonyl (C=O) groups excluding carboxylic acids is 1. The highest BCUT2D eigenvalue weighted by Gasteiger charge is 2.32. The molecule has 0 radical (unpaired) electrons. The molecule has 1 aromatic carbocycles. The second kappa shape index (κ2) is 8.57. The molecule has 0 spiro atoms. The number of hydrogen-bond acceptors (Lipinski definition) is 8. The number of methoxy groups -OCH3 is 1. The van der Waals surface area contributed by atoms with Crippen molar-refractivity contribution in [3.8, 4) is 5.75 Å². The maximum atomic E-state index is 12.7. The Balaban J connectivity index is 1.58. The molecule has 1 fully saturated rings. The van der Waals surface area contributed by atoms with Crippen LogP contribution < -0.4 is 4.74 Å². The Labute approximate surface area is 169 Å². The van der Waals surface area contributed by atoms with E-state index in [-0.39, 0.29) is 23.7 Å². The van der Waals surface area contributed by atoms with Gasteiger partial charge in [-0.3, -0.25) is 4.90 Å². The van der Waals surface area contributed by atoms with Crippen LogP contribution in [0.3, 0.4) is 0 Å². The minimum atomic E-state index is -4.85. The van der Waals surface area contributed by atoms with Crippen LogP contribution in [-0.4, -0.2) is 78.2 Å². The van der Waals surface area contributed by atoms with Crippen molar-refractivity contribution in [2.24, 2.45) is 0 Å². The van der Waals surface area contributed by atoms with Gasteiger partial charge in [0.25, 0.3) is 0 Å². The van der Waals surface area contributed by atoms with Crippen LogP contribution in [0.4, 0.5) is 13.2 Å². The zero-order valence-electron chi connectivity index (χ0n) is 15.7. The molecule has 0 aliphatic carbocycles. The van der Waals surface area contributed by atoms with Gasteiger partial charge in [0.15, 0.2) is 5.69 Å². The number of hydrogen-bond donors (Lipinski definition) is 0. The van der Waals surface area contributed by atoms with Gasteiger partial charge in [-0.15, -0.1) is 18.3 Å². The summed E-state index contributed by atoms with van der Waals surface area (Å²) >= 11 is 0. The number of sulfonamides is 1. The Bertz CT molecular complexity index is 985. The first-order chi connectivity index (χ1) is 14.1. The summed E-state index contributed by atoms with van der Waals surface area (Å²) in [6, 6.07) is 4.07. The van der Waals surface area contributed by atoms with Crippen molar-refractivity contribution in [3.05, 3.63) is 36.2 Å². The number of halogens is 3. The summed E-state index contributed by atoms with van der Waals surface area (Å²) in [6.07, 6.45) is -3.42. The van der Waals surface area contributed by atoms with E-state index in [1.54, 1.807) is 0 Å². The van der Waals surface area contributed by atoms with E-state index >= 15 is 0 Å². The average Bonchev–Trinajstić information content (AvgIpc) is 3.15. The molecule has 0 amide bonds. The molecule has 10 nitrogen and oxygen atoms in total. The van der Waals surface area contributed by atoms with Gasteiger partial charge in [0.2, 0.25) is 10.0 Å². The van der Waals surface area contributed by atoms with E-state index in [0.717, 1.165) is 24.3 Å². The summed E-state index contributed by atoms with van der Waals surface area (Å²) < 4.78 is 73.2. The zero-order valence-corrected chi connectivity index (χ0v) is 16.6. The summed E-state index contributed by atoms with van der Waals surface area (Å²) in [6.45, 7) is 1.45. The van der Waals surface area contributed by atoms with Gasteiger partial charge in [-0.2, -0.15) is 4.31 Å². The highest BCUT2D eigenvalue weighted by Crippen LogP contribution is 2.25. The summed E-state index contributed by atoms with van der Waals surface area (Å²) in [5, 5.41) is 7.53. The fraction of sp³-hybridized carbons (Fsp3) is 0.438. The van der Waals surface area contributed by atoms with Crippen LogP contribution >= 0.6 is 0 Å². The van der Waals surface area contributed by atoms with Crippen LogP contribution in [0.2, 0.25) is 0 Å². The third-order valence-corrected chi connectivity index (χ3v) is 6.22. The lowest BCUT2D eigenvalue weighted by molar-refractivity contribution is -0.274. The largest absolute Gasteiger partial charge is 0.573 e. The van der Waals surface area contributed by atoms with Gasteiger partial charge < -0.3 is 9.47 Å². The summed E-state index contributed by atoms with van der Waals surface area (Å²) in [5.41, 5.74) is 0.0664. The molecule has 3 rings (SSSR count). The molecule has 14 heteroatoms. The normalized spacial score (nSPS) is 16.4. The molecule has 2 heterocycles. The SMILES string of the molecule is COC(=O)c1cn(CN2CCN(S(=O)(=O)c3ccc(OC(F)(F)F)cc3)CC2)nn1. The van der Waals surface area contributed by atoms with Gasteiger partial charge in [-0.1, -0.05) is 5.21 Å². The number of alkyl halides is 3. The first kappa shape index (κ1) is 22.0. The maximum absolute atomic E-state index is 12.7. The van der Waals surface area contributed by atoms with Crippen molar-refractivity contribution in [1.82, 2.24) is 24.2 Å². The minimum absolute atomic E-state index is 0.0664. The lowest BCUT2D eigenvalue weighted by Gasteiger charge is -2.33. The monoisotopic (exact) mass is 449 g/mol. The van der Waals surface area contributed by atoms with Crippen molar-refractivity contribution in [3.63, 3.8) is 0 Å². The van der Waals surface area contributed by atoms with Gasteiger partial charge in [0.05, 0.1) is 24.9 Å². The molecular weight excluding hydrogens is 431 g/mol. The Morgan fingerprint density at radius 3 is 2.33 bits per heavy atom. The predicted octanol–water partition coefficient (Wildman–Crippen LogP) is 0.927. The number of benzene rings is 1. The molecule has 0 atom stereocenters. The first-order valence-electron chi connectivity index (χ1n) is 8.65. The molecule has 1 aromatic heterocycles. The van der Waals surface area contributed by atoms with Gasteiger partial charge in [-0.05, 0) is 24.3 Å². The number of nitrogens with zero attached hydrogens (tertiary/aromatic N) is 5. The summed E-state index contributed by atoms with van der Waals surface area (Å²) in [7, 11) is -2.62. The molecule has 1 saturated heterocycles. The summed E-state index contributed by atoms with van der Waals surface area (Å²) in [5.74, 6) is -1.10. The van der Waals surface area contributed by atoms with Crippen LogP contribution in [-0.2, 0) is 21.4 Å². The lowest BCUT2D eigenvalue weighted by atomic mass is 10.3. The molecule has 30 heavy (non-hydrogen) atoms. The molecular formula is C16H18F3N5O5S. The summed E-state index contributed by atoms with van der Waals surface area (Å²) in [4.78, 5) is 13.2. The average molecular weight is 449 g/mol. The van der Waals surface area contributed by atoms with Crippen LogP contribution in [0, 0.1) is 0 Å². The number of aromatic nitrogens is 3. The van der Waals surface area contributed by atoms with E-state index in [0.29, 0.717) is 19.8 Å². The zero-order chi connectivity index (χ0) is 21.9. The second-order valence-electron chi connectivity index (χ2n) is 6.32. The molecule has 1 aliphatic heterocycles. The smallest absolute Gasteiger partial charge is 0.464 e. The fourth-order valence-corrected chi connectivity index (χ4v) is 4.27. The standard InChI is InChI=1S/C16H18F3N5O5S/c1-28-15(25)14-10-23(21-20-14)11-22-6-8-24(9-7-22)30(26,27)13-4-2-12(3-5-13)29-16(17,18)19/h2-5,10H,6-9,11H2,1H3. The third-order valence-electron chi connectivity index (χ3n) is 4.30. The molecule has 0 saturated carbocycles. The van der Waals surface area contributed by atoms with E-state index in [2.05, 4.69) is 19.8 Å². The number of rotatable bonds is 6. The molecule has 2 aromatic rings. The molecule has 0 unspecified atom stereocenters. The van der Waals surface area contributed by atoms with E-state index < -0.39 is 28.1 Å². The van der Waals surface area contributed by atoms with Gasteiger partial charge in [-0.25, -0.2) is 17.9 Å². The lowest BCUT2D eigenvalue weighted by Crippen LogP contribution is -2.48. The number of carbonyl (C=O) groups is 1. The minimum Gasteiger partial charge on any atom is -0.464 e. The first-order valence-corrected chi connectivity index (χ1v) is 10.1. The number of ether oxygens (including phenoxy) is 2. The van der Waals surface area contributed by atoms with Crippen molar-refractivity contribution >= 4 is 16.0 Å². The van der Waals surface area contributed by atoms with E-state index in [1.165, 1.54) is 22.3 Å². The Hall–Kier alpha value is -2.71. The molecule has 164 valence electrons. The van der Waals surface area contributed by atoms with Crippen LogP contribution in [0.1, 0.15) is 10.5 Å². The van der Waals surface area contributed by atoms with E-state index in [9.17, 15) is 26.4 Å². The molecule has 0 N–H and O–H groups in total. The highest BCUT2D eigenvalue weighted by atomic mass is 32.2. The fourth-order valence-electron chi connectivity index (χ4n) is 2.84. The number of piperazine rings is 1.